The molecule has 2 N–H and O–H groups in total. The topological polar surface area (TPSA) is 76.9 Å². The van der Waals surface area contributed by atoms with Crippen molar-refractivity contribution in [1.29, 1.82) is 0 Å². The number of rotatable bonds is 5. The summed E-state index contributed by atoms with van der Waals surface area (Å²) in [6.45, 7) is 2.82. The Kier molecular flexibility index (Phi) is 6.84. The van der Waals surface area contributed by atoms with Crippen LogP contribution in [0.5, 0.6) is 11.5 Å². The van der Waals surface area contributed by atoms with E-state index in [1.54, 1.807) is 36.3 Å². The summed E-state index contributed by atoms with van der Waals surface area (Å²) in [5, 5.41) is 19.1. The van der Waals surface area contributed by atoms with Crippen LogP contribution in [-0.4, -0.2) is 52.2 Å². The lowest BCUT2D eigenvalue weighted by Gasteiger charge is -2.24. The number of hydrogen-bond acceptors (Lipinski definition) is 6. The van der Waals surface area contributed by atoms with Gasteiger partial charge in [-0.1, -0.05) is 17.8 Å². The third kappa shape index (κ3) is 5.48. The number of carbonyl (C=O) groups is 1. The molecule has 2 heterocycles. The van der Waals surface area contributed by atoms with Crippen LogP contribution in [0.1, 0.15) is 18.9 Å². The molecule has 184 valence electrons. The van der Waals surface area contributed by atoms with Crippen molar-refractivity contribution in [1.82, 2.24) is 9.88 Å². The van der Waals surface area contributed by atoms with Crippen LogP contribution in [0.15, 0.2) is 64.5 Å². The van der Waals surface area contributed by atoms with Gasteiger partial charge < -0.3 is 20.0 Å². The van der Waals surface area contributed by atoms with Crippen molar-refractivity contribution in [3.8, 4) is 22.6 Å². The number of halogens is 3. The molecule has 35 heavy (non-hydrogen) atoms. The van der Waals surface area contributed by atoms with Gasteiger partial charge in [0.15, 0.2) is 11.5 Å². The van der Waals surface area contributed by atoms with Crippen molar-refractivity contribution in [3.63, 3.8) is 0 Å². The number of carbonyl (C=O) groups excluding carboxylic acids is 1. The average molecular weight is 504 g/mol. The van der Waals surface area contributed by atoms with Crippen LogP contribution in [0.4, 0.5) is 19.0 Å². The van der Waals surface area contributed by atoms with Gasteiger partial charge in [0, 0.05) is 43.0 Å². The molecule has 1 unspecified atom stereocenters. The van der Waals surface area contributed by atoms with Gasteiger partial charge in [-0.2, -0.15) is 13.2 Å². The molecular formula is C25H24F3N3O3S. The molecule has 1 amide bonds. The van der Waals surface area contributed by atoms with Gasteiger partial charge in [-0.3, -0.25) is 4.79 Å². The van der Waals surface area contributed by atoms with E-state index in [1.165, 1.54) is 31.2 Å². The number of nitrogens with zero attached hydrogens (tertiary/aromatic N) is 3. The predicted molar refractivity (Wildman–Crippen MR) is 128 cm³/mol. The third-order valence-electron chi connectivity index (χ3n) is 6.07. The highest BCUT2D eigenvalue weighted by Gasteiger charge is 2.34. The van der Waals surface area contributed by atoms with Gasteiger partial charge in [0.25, 0.3) is 0 Å². The zero-order valence-electron chi connectivity index (χ0n) is 19.1. The Bertz CT molecular complexity index is 1250. The zero-order valence-corrected chi connectivity index (χ0v) is 19.9. The molecule has 0 radical (unpaired) electrons. The number of likely N-dealkylation sites (N-methyl/N-ethyl adjacent to an activating group) is 1. The summed E-state index contributed by atoms with van der Waals surface area (Å²) in [7, 11) is 1.76. The van der Waals surface area contributed by atoms with Crippen LogP contribution < -0.4 is 4.90 Å². The summed E-state index contributed by atoms with van der Waals surface area (Å²) in [5.74, 6) is -0.109. The van der Waals surface area contributed by atoms with Crippen LogP contribution >= 0.6 is 11.8 Å². The molecule has 1 atom stereocenters. The second kappa shape index (κ2) is 9.69. The average Bonchev–Trinajstić information content (AvgIpc) is 3.31. The van der Waals surface area contributed by atoms with E-state index >= 15 is 0 Å². The Hall–Kier alpha value is -3.40. The van der Waals surface area contributed by atoms with Crippen LogP contribution in [0, 0.1) is 0 Å². The molecule has 0 saturated carbocycles. The molecule has 10 heteroatoms. The number of aromatic nitrogens is 1. The van der Waals surface area contributed by atoms with Crippen molar-refractivity contribution in [3.05, 3.63) is 60.3 Å². The first-order valence-corrected chi connectivity index (χ1v) is 11.7. The lowest BCUT2D eigenvalue weighted by molar-refractivity contribution is -0.139. The number of phenolic OH excluding ortho intramolecular Hbond substituents is 2. The number of pyridine rings is 1. The third-order valence-corrected chi connectivity index (χ3v) is 7.14. The first-order chi connectivity index (χ1) is 16.5. The molecule has 0 bridgehead atoms. The Morgan fingerprint density at radius 1 is 1.09 bits per heavy atom. The normalized spacial score (nSPS) is 15.9. The molecule has 1 fully saturated rings. The molecule has 6 nitrogen and oxygen atoms in total. The van der Waals surface area contributed by atoms with Crippen molar-refractivity contribution in [2.75, 3.05) is 25.0 Å². The smallest absolute Gasteiger partial charge is 0.417 e. The monoisotopic (exact) mass is 503 g/mol. The zero-order chi connectivity index (χ0) is 25.3. The second-order valence-electron chi connectivity index (χ2n) is 8.38. The highest BCUT2D eigenvalue weighted by molar-refractivity contribution is 7.99. The maximum Gasteiger partial charge on any atom is 0.417 e. The summed E-state index contributed by atoms with van der Waals surface area (Å²) in [6.07, 6.45) is -2.23. The fourth-order valence-corrected chi connectivity index (χ4v) is 4.99. The molecule has 1 aliphatic heterocycles. The first-order valence-electron chi connectivity index (χ1n) is 10.9. The Morgan fingerprint density at radius 2 is 1.83 bits per heavy atom. The number of hydrogen-bond donors (Lipinski definition) is 2. The quantitative estimate of drug-likeness (QED) is 0.455. The van der Waals surface area contributed by atoms with Gasteiger partial charge in [-0.25, -0.2) is 4.98 Å². The standard InChI is InChI=1S/C25H24F3N3O3S/c1-15(32)30(2)18-8-10-31(14-18)24-12-17(7-9-29-24)16-3-6-23(20(11-16)25(26,27)28)35-19-4-5-21(33)22(34)13-19/h3-7,9,11-13,18,33-34H,8,10,14H2,1-2H3. The number of anilines is 1. The van der Waals surface area contributed by atoms with E-state index in [9.17, 15) is 28.2 Å². The summed E-state index contributed by atoms with van der Waals surface area (Å²) < 4.78 is 41.8. The van der Waals surface area contributed by atoms with Crippen molar-refractivity contribution >= 4 is 23.5 Å². The summed E-state index contributed by atoms with van der Waals surface area (Å²) in [4.78, 5) is 20.1. The number of benzene rings is 2. The second-order valence-corrected chi connectivity index (χ2v) is 9.50. The van der Waals surface area contributed by atoms with Crippen LogP contribution in [-0.2, 0) is 11.0 Å². The highest BCUT2D eigenvalue weighted by atomic mass is 32.2. The molecule has 0 aliphatic carbocycles. The van der Waals surface area contributed by atoms with Crippen LogP contribution in [0.2, 0.25) is 0 Å². The minimum atomic E-state index is -4.59. The summed E-state index contributed by atoms with van der Waals surface area (Å²) in [5.41, 5.74) is 0.202. The lowest BCUT2D eigenvalue weighted by atomic mass is 10.0. The molecule has 1 aromatic heterocycles. The van der Waals surface area contributed by atoms with Gasteiger partial charge in [-0.05, 0) is 60.0 Å². The maximum atomic E-state index is 13.9. The van der Waals surface area contributed by atoms with Crippen molar-refractivity contribution in [2.45, 2.75) is 35.4 Å². The molecule has 2 aromatic carbocycles. The molecule has 1 saturated heterocycles. The largest absolute Gasteiger partial charge is 0.504 e. The van der Waals surface area contributed by atoms with Crippen LogP contribution in [0.3, 0.4) is 0 Å². The minimum Gasteiger partial charge on any atom is -0.504 e. The predicted octanol–water partition coefficient (Wildman–Crippen LogP) is 5.39. The molecule has 4 rings (SSSR count). The fourth-order valence-electron chi connectivity index (χ4n) is 4.01. The summed E-state index contributed by atoms with van der Waals surface area (Å²) in [6, 6.07) is 11.5. The van der Waals surface area contributed by atoms with E-state index in [-0.39, 0.29) is 22.6 Å². The van der Waals surface area contributed by atoms with Crippen LogP contribution in [0.25, 0.3) is 11.1 Å². The van der Waals surface area contributed by atoms with E-state index in [0.29, 0.717) is 34.9 Å². The van der Waals surface area contributed by atoms with E-state index in [0.717, 1.165) is 24.2 Å². The van der Waals surface area contributed by atoms with Crippen molar-refractivity contribution < 1.29 is 28.2 Å². The minimum absolute atomic E-state index is 0.0151. The van der Waals surface area contributed by atoms with Gasteiger partial charge in [-0.15, -0.1) is 0 Å². The van der Waals surface area contributed by atoms with Gasteiger partial charge >= 0.3 is 6.18 Å². The SMILES string of the molecule is CC(=O)N(C)C1CCN(c2cc(-c3ccc(Sc4ccc(O)c(O)c4)c(C(F)(F)F)c3)ccn2)C1. The maximum absolute atomic E-state index is 13.9. The lowest BCUT2D eigenvalue weighted by Crippen LogP contribution is -2.37. The number of amides is 1. The fraction of sp³-hybridized carbons (Fsp3) is 0.280. The molecule has 1 aliphatic rings. The van der Waals surface area contributed by atoms with E-state index < -0.39 is 17.5 Å². The molecule has 0 spiro atoms. The number of alkyl halides is 3. The number of aromatic hydroxyl groups is 2. The molecule has 3 aromatic rings. The van der Waals surface area contributed by atoms with Gasteiger partial charge in [0.1, 0.15) is 5.82 Å². The van der Waals surface area contributed by atoms with E-state index in [4.69, 9.17) is 0 Å². The number of phenols is 2. The Balaban J connectivity index is 1.62. The molecular weight excluding hydrogens is 479 g/mol. The highest BCUT2D eigenvalue weighted by Crippen LogP contribution is 2.43. The van der Waals surface area contributed by atoms with E-state index in [2.05, 4.69) is 4.98 Å². The first kappa shape index (κ1) is 24.7. The van der Waals surface area contributed by atoms with E-state index in [1.807, 2.05) is 4.90 Å². The van der Waals surface area contributed by atoms with Gasteiger partial charge in [0.05, 0.1) is 11.6 Å². The Labute approximate surface area is 205 Å². The van der Waals surface area contributed by atoms with Crippen molar-refractivity contribution in [2.24, 2.45) is 0 Å². The Morgan fingerprint density at radius 3 is 2.51 bits per heavy atom. The summed E-state index contributed by atoms with van der Waals surface area (Å²) >= 11 is 0.853. The van der Waals surface area contributed by atoms with Gasteiger partial charge in [0.2, 0.25) is 5.91 Å².